The second kappa shape index (κ2) is 3.20. The van der Waals surface area contributed by atoms with E-state index < -0.39 is 23.3 Å². The Hall–Kier alpha value is -2.17. The zero-order chi connectivity index (χ0) is 11.0. The Morgan fingerprint density at radius 1 is 1.40 bits per heavy atom. The molecular weight excluding hydrogens is 201 g/mol. The second-order valence-electron chi connectivity index (χ2n) is 2.98. The number of amides is 1. The zero-order valence-electron chi connectivity index (χ0n) is 7.40. The third kappa shape index (κ3) is 1.48. The molecule has 1 aliphatic rings. The molecule has 1 radical (unpaired) electrons. The van der Waals surface area contributed by atoms with Crippen molar-refractivity contribution in [3.05, 3.63) is 34.5 Å². The van der Waals surface area contributed by atoms with Crippen LogP contribution >= 0.6 is 0 Å². The van der Waals surface area contributed by atoms with Gasteiger partial charge >= 0.3 is 5.97 Å². The molecule has 75 valence electrons. The van der Waals surface area contributed by atoms with Gasteiger partial charge in [-0.1, -0.05) is 6.07 Å². The summed E-state index contributed by atoms with van der Waals surface area (Å²) in [7, 11) is 0. The number of halogens is 1. The second-order valence-corrected chi connectivity index (χ2v) is 2.98. The van der Waals surface area contributed by atoms with Gasteiger partial charge in [0, 0.05) is 16.6 Å². The van der Waals surface area contributed by atoms with Crippen LogP contribution in [0.25, 0.3) is 11.8 Å². The van der Waals surface area contributed by atoms with Crippen molar-refractivity contribution in [3.63, 3.8) is 0 Å². The van der Waals surface area contributed by atoms with Gasteiger partial charge in [-0.05, 0) is 12.1 Å². The molecule has 15 heavy (non-hydrogen) atoms. The molecule has 1 aromatic carbocycles. The fourth-order valence-corrected chi connectivity index (χ4v) is 1.38. The fraction of sp³-hybridized carbons (Fsp3) is 0. The summed E-state index contributed by atoms with van der Waals surface area (Å²) in [6.45, 7) is 0. The van der Waals surface area contributed by atoms with Crippen molar-refractivity contribution in [2.45, 2.75) is 0 Å². The molecule has 0 spiro atoms. The normalized spacial score (nSPS) is 13.9. The van der Waals surface area contributed by atoms with Gasteiger partial charge in [-0.15, -0.1) is 0 Å². The molecule has 0 unspecified atom stereocenters. The van der Waals surface area contributed by atoms with Crippen LogP contribution in [-0.2, 0) is 9.59 Å². The number of carbonyl (C=O) groups excluding carboxylic acids is 1. The van der Waals surface area contributed by atoms with Gasteiger partial charge in [0.15, 0.2) is 0 Å². The van der Waals surface area contributed by atoms with Crippen molar-refractivity contribution in [2.24, 2.45) is 0 Å². The Labute approximate surface area is 83.3 Å². The Morgan fingerprint density at radius 2 is 2.13 bits per heavy atom. The lowest BCUT2D eigenvalue weighted by molar-refractivity contribution is -0.132. The summed E-state index contributed by atoms with van der Waals surface area (Å²) in [6, 6.07) is 3.50. The first-order valence-electron chi connectivity index (χ1n) is 4.08. The maximum absolute atomic E-state index is 12.8. The smallest absolute Gasteiger partial charge is 0.342 e. The van der Waals surface area contributed by atoms with E-state index in [9.17, 15) is 14.0 Å². The van der Waals surface area contributed by atoms with E-state index in [0.717, 1.165) is 18.3 Å². The van der Waals surface area contributed by atoms with Gasteiger partial charge in [0.1, 0.15) is 11.4 Å². The quantitative estimate of drug-likeness (QED) is 0.637. The van der Waals surface area contributed by atoms with E-state index in [-0.39, 0.29) is 5.22 Å². The monoisotopic (exact) mass is 206 g/mol. The molecule has 1 aromatic rings. The number of carboxylic acid groups (broad SMARTS) is 1. The first-order chi connectivity index (χ1) is 7.09. The lowest BCUT2D eigenvalue weighted by Crippen LogP contribution is -2.39. The number of aliphatic carboxylic acids is 1. The Balaban J connectivity index is 2.90. The number of carboxylic acids is 1. The molecule has 0 bridgehead atoms. The van der Waals surface area contributed by atoms with Gasteiger partial charge in [-0.25, -0.2) is 14.5 Å². The van der Waals surface area contributed by atoms with Crippen molar-refractivity contribution in [3.8, 4) is 0 Å². The van der Waals surface area contributed by atoms with Crippen LogP contribution in [0.1, 0.15) is 0 Å². The SMILES string of the molecule is O=C(O)C1=c2ccc(F)cc2=C[N]C1=O. The van der Waals surface area contributed by atoms with Gasteiger partial charge in [0.25, 0.3) is 5.91 Å². The van der Waals surface area contributed by atoms with E-state index in [0.29, 0.717) is 5.22 Å². The predicted molar refractivity (Wildman–Crippen MR) is 48.3 cm³/mol. The maximum atomic E-state index is 12.8. The Morgan fingerprint density at radius 3 is 2.80 bits per heavy atom. The molecule has 2 rings (SSSR count). The molecule has 5 heteroatoms. The van der Waals surface area contributed by atoms with Crippen LogP contribution < -0.4 is 15.8 Å². The first-order valence-corrected chi connectivity index (χ1v) is 4.08. The minimum atomic E-state index is -1.36. The summed E-state index contributed by atoms with van der Waals surface area (Å²) < 4.78 is 12.8. The van der Waals surface area contributed by atoms with Gasteiger partial charge in [-0.2, -0.15) is 0 Å². The summed E-state index contributed by atoms with van der Waals surface area (Å²) >= 11 is 0. The van der Waals surface area contributed by atoms with Crippen molar-refractivity contribution in [1.29, 1.82) is 0 Å². The van der Waals surface area contributed by atoms with Crippen molar-refractivity contribution in [1.82, 2.24) is 5.32 Å². The molecule has 1 aliphatic heterocycles. The van der Waals surface area contributed by atoms with E-state index >= 15 is 0 Å². The number of carbonyl (C=O) groups is 2. The summed E-state index contributed by atoms with van der Waals surface area (Å²) in [4.78, 5) is 22.0. The largest absolute Gasteiger partial charge is 0.477 e. The van der Waals surface area contributed by atoms with E-state index in [2.05, 4.69) is 5.32 Å². The van der Waals surface area contributed by atoms with Crippen LogP contribution in [0.2, 0.25) is 0 Å². The average molecular weight is 206 g/mol. The highest BCUT2D eigenvalue weighted by molar-refractivity contribution is 6.38. The standard InChI is InChI=1S/C10H5FNO3/c11-6-1-2-7-5(3-6)4-12-9(13)8(7)10(14)15/h1-4H,(H,14,15). The molecule has 1 amide bonds. The van der Waals surface area contributed by atoms with E-state index in [1.165, 1.54) is 6.07 Å². The van der Waals surface area contributed by atoms with Crippen LogP contribution in [0.5, 0.6) is 0 Å². The van der Waals surface area contributed by atoms with Gasteiger partial charge < -0.3 is 5.11 Å². The molecular formula is C10H5FNO3. The number of fused-ring (bicyclic) bond motifs is 1. The van der Waals surface area contributed by atoms with Crippen molar-refractivity contribution in [2.75, 3.05) is 0 Å². The highest BCUT2D eigenvalue weighted by Gasteiger charge is 2.21. The van der Waals surface area contributed by atoms with Gasteiger partial charge in [0.05, 0.1) is 0 Å². The molecule has 0 atom stereocenters. The third-order valence-corrected chi connectivity index (χ3v) is 2.03. The van der Waals surface area contributed by atoms with Crippen molar-refractivity contribution >= 4 is 23.6 Å². The fourth-order valence-electron chi connectivity index (χ4n) is 1.38. The Bertz CT molecular complexity index is 577. The third-order valence-electron chi connectivity index (χ3n) is 2.03. The molecule has 0 saturated carbocycles. The topological polar surface area (TPSA) is 68.5 Å². The van der Waals surface area contributed by atoms with Crippen LogP contribution in [-0.4, -0.2) is 17.0 Å². The average Bonchev–Trinajstić information content (AvgIpc) is 2.17. The number of rotatable bonds is 1. The van der Waals surface area contributed by atoms with E-state index in [1.54, 1.807) is 0 Å². The molecule has 0 aromatic heterocycles. The molecule has 1 N–H and O–H groups in total. The van der Waals surface area contributed by atoms with Crippen LogP contribution in [0.15, 0.2) is 18.2 Å². The zero-order valence-corrected chi connectivity index (χ0v) is 7.40. The molecule has 1 heterocycles. The molecule has 0 fully saturated rings. The minimum absolute atomic E-state index is 0.198. The van der Waals surface area contributed by atoms with Gasteiger partial charge in [-0.3, -0.25) is 4.79 Å². The first kappa shape index (κ1) is 9.39. The summed E-state index contributed by atoms with van der Waals surface area (Å²) in [5.41, 5.74) is -0.424. The number of nitrogens with zero attached hydrogens (tertiary/aromatic N) is 1. The molecule has 0 saturated heterocycles. The summed E-state index contributed by atoms with van der Waals surface area (Å²) in [6.07, 6.45) is 1.16. The van der Waals surface area contributed by atoms with Gasteiger partial charge in [0.2, 0.25) is 0 Å². The highest BCUT2D eigenvalue weighted by Crippen LogP contribution is 1.98. The van der Waals surface area contributed by atoms with E-state index in [1.807, 2.05) is 0 Å². The van der Waals surface area contributed by atoms with Crippen LogP contribution in [0, 0.1) is 5.82 Å². The molecule has 4 nitrogen and oxygen atoms in total. The van der Waals surface area contributed by atoms with Crippen LogP contribution in [0.3, 0.4) is 0 Å². The predicted octanol–water partition coefficient (Wildman–Crippen LogP) is -1.06. The number of benzene rings is 1. The molecule has 0 aliphatic carbocycles. The maximum Gasteiger partial charge on any atom is 0.342 e. The van der Waals surface area contributed by atoms with Crippen LogP contribution in [0.4, 0.5) is 4.39 Å². The summed E-state index contributed by atoms with van der Waals surface area (Å²) in [5, 5.41) is 12.7. The lowest BCUT2D eigenvalue weighted by Gasteiger charge is -2.05. The minimum Gasteiger partial charge on any atom is -0.477 e. The number of hydrogen-bond donors (Lipinski definition) is 1. The number of hydrogen-bond acceptors (Lipinski definition) is 2. The lowest BCUT2D eigenvalue weighted by atomic mass is 10.1. The highest BCUT2D eigenvalue weighted by atomic mass is 19.1. The van der Waals surface area contributed by atoms with Crippen molar-refractivity contribution < 1.29 is 19.1 Å². The summed E-state index contributed by atoms with van der Waals surface area (Å²) in [5.74, 6) is -2.68. The Kier molecular flexibility index (Phi) is 2.00. The van der Waals surface area contributed by atoms with E-state index in [4.69, 9.17) is 5.11 Å².